The van der Waals surface area contributed by atoms with Gasteiger partial charge >= 0.3 is 5.63 Å². The summed E-state index contributed by atoms with van der Waals surface area (Å²) >= 11 is 1.62. The highest BCUT2D eigenvalue weighted by Crippen LogP contribution is 2.28. The minimum absolute atomic E-state index is 0.306. The van der Waals surface area contributed by atoms with E-state index >= 15 is 0 Å². The zero-order chi connectivity index (χ0) is 11.0. The van der Waals surface area contributed by atoms with Crippen LogP contribution in [-0.2, 0) is 0 Å². The summed E-state index contributed by atoms with van der Waals surface area (Å²) in [6.07, 6.45) is 0. The Balaban J connectivity index is 2.44. The van der Waals surface area contributed by atoms with Gasteiger partial charge in [0.2, 0.25) is 0 Å². The molecule has 0 atom stereocenters. The molecule has 0 bridgehead atoms. The molecule has 3 rings (SSSR count). The number of hydrogen-bond donors (Lipinski definition) is 0. The Morgan fingerprint density at radius 2 is 2.00 bits per heavy atom. The number of rotatable bonds is 1. The molecule has 2 nitrogen and oxygen atoms in total. The van der Waals surface area contributed by atoms with E-state index in [0.29, 0.717) is 5.58 Å². The average Bonchev–Trinajstić information content (AvgIpc) is 2.81. The molecule has 1 aromatic carbocycles. The Labute approximate surface area is 95.8 Å². The van der Waals surface area contributed by atoms with Crippen molar-refractivity contribution < 1.29 is 4.42 Å². The molecule has 0 N–H and O–H groups in total. The number of benzene rings is 1. The first-order valence-electron chi connectivity index (χ1n) is 4.90. The van der Waals surface area contributed by atoms with E-state index in [1.807, 2.05) is 41.1 Å². The maximum Gasteiger partial charge on any atom is 0.336 e. The molecule has 0 aliphatic carbocycles. The molecule has 2 heterocycles. The SMILES string of the molecule is O=c1cc(-c2ccsc2)c2ccccc2o1. The average molecular weight is 228 g/mol. The molecule has 0 radical (unpaired) electrons. The topological polar surface area (TPSA) is 30.2 Å². The molecule has 0 aliphatic rings. The summed E-state index contributed by atoms with van der Waals surface area (Å²) in [4.78, 5) is 11.4. The zero-order valence-corrected chi connectivity index (χ0v) is 9.16. The molecule has 0 fully saturated rings. The van der Waals surface area contributed by atoms with Crippen LogP contribution in [0.1, 0.15) is 0 Å². The molecule has 0 aliphatic heterocycles. The Kier molecular flexibility index (Phi) is 2.11. The van der Waals surface area contributed by atoms with Gasteiger partial charge in [0.1, 0.15) is 5.58 Å². The lowest BCUT2D eigenvalue weighted by atomic mass is 10.1. The van der Waals surface area contributed by atoms with Crippen molar-refractivity contribution in [2.24, 2.45) is 0 Å². The van der Waals surface area contributed by atoms with Gasteiger partial charge in [0, 0.05) is 17.0 Å². The minimum Gasteiger partial charge on any atom is -0.423 e. The van der Waals surface area contributed by atoms with E-state index < -0.39 is 0 Å². The fraction of sp³-hybridized carbons (Fsp3) is 0. The molecule has 0 saturated heterocycles. The predicted octanol–water partition coefficient (Wildman–Crippen LogP) is 3.52. The molecule has 0 saturated carbocycles. The van der Waals surface area contributed by atoms with Crippen molar-refractivity contribution in [2.45, 2.75) is 0 Å². The van der Waals surface area contributed by atoms with E-state index in [9.17, 15) is 4.79 Å². The van der Waals surface area contributed by atoms with Gasteiger partial charge in [-0.05, 0) is 28.5 Å². The van der Waals surface area contributed by atoms with Gasteiger partial charge in [-0.25, -0.2) is 4.79 Å². The Morgan fingerprint density at radius 3 is 2.81 bits per heavy atom. The third-order valence-corrected chi connectivity index (χ3v) is 3.17. The van der Waals surface area contributed by atoms with Crippen molar-refractivity contribution in [2.75, 3.05) is 0 Å². The third-order valence-electron chi connectivity index (χ3n) is 2.48. The first kappa shape index (κ1) is 9.36. The van der Waals surface area contributed by atoms with E-state index in [1.54, 1.807) is 17.4 Å². The quantitative estimate of drug-likeness (QED) is 0.596. The van der Waals surface area contributed by atoms with Crippen LogP contribution in [0.25, 0.3) is 22.1 Å². The number of thiophene rings is 1. The smallest absolute Gasteiger partial charge is 0.336 e. The summed E-state index contributed by atoms with van der Waals surface area (Å²) in [5.41, 5.74) is 2.33. The first-order chi connectivity index (χ1) is 7.84. The van der Waals surface area contributed by atoms with E-state index in [1.165, 1.54) is 0 Å². The largest absolute Gasteiger partial charge is 0.423 e. The van der Waals surface area contributed by atoms with Crippen molar-refractivity contribution in [3.63, 3.8) is 0 Å². The predicted molar refractivity (Wildman–Crippen MR) is 65.8 cm³/mol. The van der Waals surface area contributed by atoms with Crippen molar-refractivity contribution in [1.82, 2.24) is 0 Å². The maximum atomic E-state index is 11.4. The van der Waals surface area contributed by atoms with E-state index in [-0.39, 0.29) is 5.63 Å². The molecule has 78 valence electrons. The molecule has 0 amide bonds. The Bertz CT molecular complexity index is 680. The lowest BCUT2D eigenvalue weighted by Crippen LogP contribution is -1.97. The fourth-order valence-electron chi connectivity index (χ4n) is 1.77. The standard InChI is InChI=1S/C13H8O2S/c14-13-7-11(9-5-6-16-8-9)10-3-1-2-4-12(10)15-13/h1-8H. The van der Waals surface area contributed by atoms with Gasteiger partial charge in [0.15, 0.2) is 0 Å². The Hall–Kier alpha value is -1.87. The fourth-order valence-corrected chi connectivity index (χ4v) is 2.42. The van der Waals surface area contributed by atoms with Crippen LogP contribution >= 0.6 is 11.3 Å². The van der Waals surface area contributed by atoms with E-state index in [2.05, 4.69) is 0 Å². The van der Waals surface area contributed by atoms with Gasteiger partial charge in [0.25, 0.3) is 0 Å². The summed E-state index contributed by atoms with van der Waals surface area (Å²) < 4.78 is 5.15. The van der Waals surface area contributed by atoms with Gasteiger partial charge in [0.05, 0.1) is 0 Å². The van der Waals surface area contributed by atoms with Crippen molar-refractivity contribution in [3.8, 4) is 11.1 Å². The second-order valence-corrected chi connectivity index (χ2v) is 4.27. The molecule has 3 heteroatoms. The second kappa shape index (κ2) is 3.61. The lowest BCUT2D eigenvalue weighted by Gasteiger charge is -2.02. The maximum absolute atomic E-state index is 11.4. The molecule has 2 aromatic heterocycles. The van der Waals surface area contributed by atoms with Crippen molar-refractivity contribution >= 4 is 22.3 Å². The third kappa shape index (κ3) is 1.46. The highest BCUT2D eigenvalue weighted by molar-refractivity contribution is 7.08. The van der Waals surface area contributed by atoms with Crippen LogP contribution in [0.2, 0.25) is 0 Å². The van der Waals surface area contributed by atoms with E-state index in [4.69, 9.17) is 4.42 Å². The highest BCUT2D eigenvalue weighted by Gasteiger charge is 2.06. The van der Waals surface area contributed by atoms with Crippen LogP contribution in [0.4, 0.5) is 0 Å². The van der Waals surface area contributed by atoms with Gasteiger partial charge in [-0.15, -0.1) is 0 Å². The van der Waals surface area contributed by atoms with Crippen LogP contribution in [0.15, 0.2) is 56.4 Å². The minimum atomic E-state index is -0.306. The van der Waals surface area contributed by atoms with Crippen LogP contribution in [-0.4, -0.2) is 0 Å². The first-order valence-corrected chi connectivity index (χ1v) is 5.84. The number of fused-ring (bicyclic) bond motifs is 1. The molecular formula is C13H8O2S. The Morgan fingerprint density at radius 1 is 1.12 bits per heavy atom. The molecule has 0 unspecified atom stereocenters. The lowest BCUT2D eigenvalue weighted by molar-refractivity contribution is 0.561. The van der Waals surface area contributed by atoms with Crippen LogP contribution in [0.5, 0.6) is 0 Å². The van der Waals surface area contributed by atoms with Gasteiger partial charge < -0.3 is 4.42 Å². The molecule has 0 spiro atoms. The van der Waals surface area contributed by atoms with Crippen LogP contribution in [0, 0.1) is 0 Å². The van der Waals surface area contributed by atoms with Crippen LogP contribution < -0.4 is 5.63 Å². The zero-order valence-electron chi connectivity index (χ0n) is 8.34. The highest BCUT2D eigenvalue weighted by atomic mass is 32.1. The second-order valence-electron chi connectivity index (χ2n) is 3.49. The summed E-state index contributed by atoms with van der Waals surface area (Å²) in [6, 6.07) is 11.1. The summed E-state index contributed by atoms with van der Waals surface area (Å²) in [6.45, 7) is 0. The molecule has 16 heavy (non-hydrogen) atoms. The van der Waals surface area contributed by atoms with Gasteiger partial charge in [-0.3, -0.25) is 0 Å². The summed E-state index contributed by atoms with van der Waals surface area (Å²) in [5.74, 6) is 0. The van der Waals surface area contributed by atoms with Crippen LogP contribution in [0.3, 0.4) is 0 Å². The normalized spacial score (nSPS) is 10.8. The van der Waals surface area contributed by atoms with Gasteiger partial charge in [-0.1, -0.05) is 18.2 Å². The van der Waals surface area contributed by atoms with Gasteiger partial charge in [-0.2, -0.15) is 11.3 Å². The van der Waals surface area contributed by atoms with E-state index in [0.717, 1.165) is 16.5 Å². The summed E-state index contributed by atoms with van der Waals surface area (Å²) in [7, 11) is 0. The van der Waals surface area contributed by atoms with Crippen molar-refractivity contribution in [3.05, 3.63) is 57.6 Å². The number of hydrogen-bond acceptors (Lipinski definition) is 3. The van der Waals surface area contributed by atoms with Crippen molar-refractivity contribution in [1.29, 1.82) is 0 Å². The molecule has 3 aromatic rings. The monoisotopic (exact) mass is 228 g/mol. The molecular weight excluding hydrogens is 220 g/mol. The number of para-hydroxylation sites is 1. The summed E-state index contributed by atoms with van der Waals surface area (Å²) in [5, 5.41) is 5.00.